The molecule has 0 saturated carbocycles. The Hall–Kier alpha value is -3.34. The minimum Gasteiger partial charge on any atom is -0.493 e. The summed E-state index contributed by atoms with van der Waals surface area (Å²) in [6, 6.07) is 12.0. The second kappa shape index (κ2) is 8.36. The number of H-pyrrole nitrogens is 1. The van der Waals surface area contributed by atoms with Crippen LogP contribution in [-0.4, -0.2) is 29.2 Å². The molecule has 0 aliphatic carbocycles. The topological polar surface area (TPSA) is 60.0 Å². The third-order valence-corrected chi connectivity index (χ3v) is 4.22. The monoisotopic (exact) mass is 361 g/mol. The van der Waals surface area contributed by atoms with Gasteiger partial charge in [0.05, 0.1) is 14.2 Å². The number of nitrogens with zero attached hydrogens (tertiary/aromatic N) is 2. The van der Waals surface area contributed by atoms with E-state index in [1.807, 2.05) is 62.8 Å². The van der Waals surface area contributed by atoms with E-state index in [-0.39, 0.29) is 0 Å². The molecule has 5 nitrogen and oxygen atoms in total. The van der Waals surface area contributed by atoms with Crippen molar-refractivity contribution in [2.75, 3.05) is 14.2 Å². The van der Waals surface area contributed by atoms with Crippen LogP contribution in [0.2, 0.25) is 0 Å². The molecular weight excluding hydrogens is 338 g/mol. The first-order valence-electron chi connectivity index (χ1n) is 8.90. The van der Waals surface area contributed by atoms with Crippen LogP contribution in [0.4, 0.5) is 0 Å². The molecule has 0 bridgehead atoms. The van der Waals surface area contributed by atoms with Crippen LogP contribution in [0, 0.1) is 0 Å². The maximum Gasteiger partial charge on any atom is 0.161 e. The molecule has 0 saturated heterocycles. The van der Waals surface area contributed by atoms with Gasteiger partial charge in [-0.2, -0.15) is 0 Å². The third-order valence-electron chi connectivity index (χ3n) is 4.22. The van der Waals surface area contributed by atoms with Crippen molar-refractivity contribution in [3.05, 3.63) is 61.2 Å². The lowest BCUT2D eigenvalue weighted by Gasteiger charge is -2.10. The molecule has 0 amide bonds. The first kappa shape index (κ1) is 18.5. The Bertz CT molecular complexity index is 1030. The van der Waals surface area contributed by atoms with Crippen LogP contribution < -0.4 is 9.47 Å². The number of hydrogen-bond acceptors (Lipinski definition) is 4. The average molecular weight is 361 g/mol. The van der Waals surface area contributed by atoms with Gasteiger partial charge in [-0.1, -0.05) is 26.0 Å². The molecule has 0 radical (unpaired) electrons. The molecule has 1 N–H and O–H groups in total. The summed E-state index contributed by atoms with van der Waals surface area (Å²) in [6.45, 7) is 4.00. The van der Waals surface area contributed by atoms with Gasteiger partial charge in [0.15, 0.2) is 11.5 Å². The van der Waals surface area contributed by atoms with Gasteiger partial charge in [-0.05, 0) is 29.8 Å². The predicted molar refractivity (Wildman–Crippen MR) is 109 cm³/mol. The molecule has 0 atom stereocenters. The minimum atomic E-state index is 0.696. The summed E-state index contributed by atoms with van der Waals surface area (Å²) in [4.78, 5) is 12.0. The number of aromatic amines is 1. The number of ether oxygens (including phenoxy) is 2. The van der Waals surface area contributed by atoms with E-state index in [0.717, 1.165) is 33.3 Å². The molecule has 0 spiro atoms. The molecule has 3 aromatic heterocycles. The zero-order valence-corrected chi connectivity index (χ0v) is 16.0. The zero-order chi connectivity index (χ0) is 19.2. The number of rotatable bonds is 4. The van der Waals surface area contributed by atoms with Gasteiger partial charge in [-0.15, -0.1) is 0 Å². The highest BCUT2D eigenvalue weighted by Crippen LogP contribution is 2.34. The molecular formula is C22H23N3O2. The van der Waals surface area contributed by atoms with E-state index >= 15 is 0 Å². The van der Waals surface area contributed by atoms with E-state index in [4.69, 9.17) is 9.47 Å². The lowest BCUT2D eigenvalue weighted by molar-refractivity contribution is 0.355. The normalized spacial score (nSPS) is 10.2. The molecule has 1 aromatic carbocycles. The van der Waals surface area contributed by atoms with Crippen LogP contribution in [-0.2, 0) is 0 Å². The summed E-state index contributed by atoms with van der Waals surface area (Å²) in [6.07, 6.45) is 7.44. The first-order valence-corrected chi connectivity index (χ1v) is 8.90. The Kier molecular flexibility index (Phi) is 5.71. The SMILES string of the molecule is CC.COc1ccc(-c2cnc3[nH]cc(-c4cccnc4)c3c2)cc1OC. The van der Waals surface area contributed by atoms with Gasteiger partial charge < -0.3 is 14.5 Å². The second-order valence-corrected chi connectivity index (χ2v) is 5.63. The van der Waals surface area contributed by atoms with Gasteiger partial charge in [0.2, 0.25) is 0 Å². The number of fused-ring (bicyclic) bond motifs is 1. The molecule has 0 unspecified atom stereocenters. The summed E-state index contributed by atoms with van der Waals surface area (Å²) < 4.78 is 10.7. The Morgan fingerprint density at radius 1 is 0.852 bits per heavy atom. The lowest BCUT2D eigenvalue weighted by Crippen LogP contribution is -1.91. The predicted octanol–water partition coefficient (Wildman–Crippen LogP) is 5.34. The summed E-state index contributed by atoms with van der Waals surface area (Å²) in [5, 5.41) is 1.06. The molecule has 0 aliphatic rings. The standard InChI is InChI=1S/C20H17N3O2.C2H6/c1-24-18-6-5-13(9-19(18)25-2)15-8-16-17(12-23-20(16)22-11-15)14-4-3-7-21-10-14;1-2/h3-12H,1-2H3,(H,22,23);1-2H3. The Balaban J connectivity index is 0.00000102. The van der Waals surface area contributed by atoms with Gasteiger partial charge >= 0.3 is 0 Å². The van der Waals surface area contributed by atoms with Crippen molar-refractivity contribution in [3.63, 3.8) is 0 Å². The largest absolute Gasteiger partial charge is 0.493 e. The number of nitrogens with one attached hydrogen (secondary N) is 1. The van der Waals surface area contributed by atoms with E-state index < -0.39 is 0 Å². The van der Waals surface area contributed by atoms with E-state index in [1.54, 1.807) is 20.4 Å². The van der Waals surface area contributed by atoms with Crippen LogP contribution in [0.5, 0.6) is 11.5 Å². The number of pyridine rings is 2. The van der Waals surface area contributed by atoms with Crippen molar-refractivity contribution >= 4 is 11.0 Å². The van der Waals surface area contributed by atoms with Crippen molar-refractivity contribution in [2.45, 2.75) is 13.8 Å². The third kappa shape index (κ3) is 3.62. The van der Waals surface area contributed by atoms with Crippen LogP contribution in [0.15, 0.2) is 61.2 Å². The zero-order valence-electron chi connectivity index (χ0n) is 16.0. The highest BCUT2D eigenvalue weighted by Gasteiger charge is 2.11. The first-order chi connectivity index (χ1) is 13.3. The fourth-order valence-corrected chi connectivity index (χ4v) is 2.94. The maximum atomic E-state index is 5.40. The molecule has 5 heteroatoms. The van der Waals surface area contributed by atoms with E-state index in [2.05, 4.69) is 21.0 Å². The average Bonchev–Trinajstić information content (AvgIpc) is 3.18. The van der Waals surface area contributed by atoms with E-state index in [1.165, 1.54) is 0 Å². The smallest absolute Gasteiger partial charge is 0.161 e. The molecule has 0 aliphatic heterocycles. The Labute approximate surface area is 159 Å². The van der Waals surface area contributed by atoms with Crippen molar-refractivity contribution in [3.8, 4) is 33.8 Å². The molecule has 3 heterocycles. The van der Waals surface area contributed by atoms with Crippen LogP contribution >= 0.6 is 0 Å². The highest BCUT2D eigenvalue weighted by molar-refractivity contribution is 5.95. The number of hydrogen-bond donors (Lipinski definition) is 1. The quantitative estimate of drug-likeness (QED) is 0.533. The van der Waals surface area contributed by atoms with Gasteiger partial charge in [0.25, 0.3) is 0 Å². The van der Waals surface area contributed by atoms with Gasteiger partial charge in [0.1, 0.15) is 5.65 Å². The molecule has 4 rings (SSSR count). The fraction of sp³-hybridized carbons (Fsp3) is 0.182. The van der Waals surface area contributed by atoms with Crippen LogP contribution in [0.1, 0.15) is 13.8 Å². The van der Waals surface area contributed by atoms with Crippen LogP contribution in [0.25, 0.3) is 33.3 Å². The van der Waals surface area contributed by atoms with Crippen molar-refractivity contribution in [1.29, 1.82) is 0 Å². The van der Waals surface area contributed by atoms with Crippen molar-refractivity contribution < 1.29 is 9.47 Å². The summed E-state index contributed by atoms with van der Waals surface area (Å²) >= 11 is 0. The lowest BCUT2D eigenvalue weighted by atomic mass is 10.0. The van der Waals surface area contributed by atoms with Gasteiger partial charge in [-0.25, -0.2) is 4.98 Å². The van der Waals surface area contributed by atoms with Crippen molar-refractivity contribution in [2.24, 2.45) is 0 Å². The summed E-state index contributed by atoms with van der Waals surface area (Å²) in [5.41, 5.74) is 5.02. The fourth-order valence-electron chi connectivity index (χ4n) is 2.94. The van der Waals surface area contributed by atoms with Gasteiger partial charge in [0, 0.05) is 46.9 Å². The Morgan fingerprint density at radius 2 is 1.67 bits per heavy atom. The maximum absolute atomic E-state index is 5.40. The van der Waals surface area contributed by atoms with Crippen LogP contribution in [0.3, 0.4) is 0 Å². The van der Waals surface area contributed by atoms with Gasteiger partial charge in [-0.3, -0.25) is 4.98 Å². The number of methoxy groups -OCH3 is 2. The number of benzene rings is 1. The summed E-state index contributed by atoms with van der Waals surface area (Å²) in [7, 11) is 3.26. The van der Waals surface area contributed by atoms with E-state index in [9.17, 15) is 0 Å². The minimum absolute atomic E-state index is 0.696. The highest BCUT2D eigenvalue weighted by atomic mass is 16.5. The molecule has 0 fully saturated rings. The van der Waals surface area contributed by atoms with E-state index in [0.29, 0.717) is 11.5 Å². The Morgan fingerprint density at radius 3 is 2.37 bits per heavy atom. The van der Waals surface area contributed by atoms with Crippen molar-refractivity contribution in [1.82, 2.24) is 15.0 Å². The second-order valence-electron chi connectivity index (χ2n) is 5.63. The molecule has 138 valence electrons. The molecule has 4 aromatic rings. The summed E-state index contributed by atoms with van der Waals surface area (Å²) in [5.74, 6) is 1.40. The molecule has 27 heavy (non-hydrogen) atoms. The number of aromatic nitrogens is 3.